The number of oxazole rings is 1. The molecule has 3 aromatic rings. The highest BCUT2D eigenvalue weighted by atomic mass is 16.4. The Morgan fingerprint density at radius 1 is 1.13 bits per heavy atom. The molecule has 4 amide bonds. The summed E-state index contributed by atoms with van der Waals surface area (Å²) in [4.78, 5) is 40.4. The minimum Gasteiger partial charge on any atom is -0.408 e. The molecule has 1 fully saturated rings. The van der Waals surface area contributed by atoms with Gasteiger partial charge in [0.05, 0.1) is 11.1 Å². The summed E-state index contributed by atoms with van der Waals surface area (Å²) in [5.74, 6) is -0.476. The van der Waals surface area contributed by atoms with Crippen LogP contribution in [0.4, 0.5) is 15.3 Å². The highest BCUT2D eigenvalue weighted by Crippen LogP contribution is 2.39. The number of carbonyl (C=O) groups excluding carboxylic acids is 2. The first-order valence-corrected chi connectivity index (χ1v) is 10.4. The molecule has 2 aliphatic heterocycles. The molecule has 1 aromatic heterocycles. The summed E-state index contributed by atoms with van der Waals surface area (Å²) in [6.07, 6.45) is 1.95. The minimum atomic E-state index is -0.476. The molecule has 0 bridgehead atoms. The van der Waals surface area contributed by atoms with Crippen molar-refractivity contribution in [2.75, 3.05) is 25.0 Å². The quantitative estimate of drug-likeness (QED) is 0.519. The van der Waals surface area contributed by atoms with Crippen LogP contribution in [0.3, 0.4) is 0 Å². The second-order valence-electron chi connectivity index (χ2n) is 8.02. The van der Waals surface area contributed by atoms with Crippen molar-refractivity contribution in [3.8, 4) is 0 Å². The highest BCUT2D eigenvalue weighted by Gasteiger charge is 2.42. The largest absolute Gasteiger partial charge is 0.417 e. The molecule has 2 aromatic carbocycles. The number of nitrogens with zero attached hydrogens (tertiary/aromatic N) is 1. The van der Waals surface area contributed by atoms with Crippen LogP contribution in [-0.2, 0) is 12.0 Å². The Labute approximate surface area is 177 Å². The number of piperidine rings is 1. The van der Waals surface area contributed by atoms with Crippen LogP contribution < -0.4 is 21.7 Å². The lowest BCUT2D eigenvalue weighted by atomic mass is 9.79. The average molecular weight is 421 g/mol. The number of nitrogens with one attached hydrogen (secondary N) is 4. The monoisotopic (exact) mass is 421 g/mol. The SMILES string of the molecule is O=C1Nc2ccccc2C2(CCN(C(=O)NCCc3ccc4[nH]c(=O)oc4c3)CC2)N1. The number of H-pyrrole nitrogens is 1. The maximum absolute atomic E-state index is 12.6. The Morgan fingerprint density at radius 2 is 1.94 bits per heavy atom. The van der Waals surface area contributed by atoms with E-state index in [0.717, 1.165) is 16.8 Å². The molecule has 1 spiro atoms. The molecule has 0 unspecified atom stereocenters. The molecule has 5 rings (SSSR count). The van der Waals surface area contributed by atoms with Gasteiger partial charge in [-0.3, -0.25) is 4.98 Å². The second-order valence-corrected chi connectivity index (χ2v) is 8.02. The number of hydrogen-bond acceptors (Lipinski definition) is 4. The van der Waals surface area contributed by atoms with Crippen LogP contribution in [0.1, 0.15) is 24.0 Å². The molecule has 9 nitrogen and oxygen atoms in total. The number of likely N-dealkylation sites (tertiary alicyclic amines) is 1. The lowest BCUT2D eigenvalue weighted by molar-refractivity contribution is 0.143. The number of amides is 4. The minimum absolute atomic E-state index is 0.113. The lowest BCUT2D eigenvalue weighted by Gasteiger charge is -2.45. The molecule has 0 atom stereocenters. The number of fused-ring (bicyclic) bond motifs is 3. The zero-order valence-corrected chi connectivity index (χ0v) is 16.9. The van der Waals surface area contributed by atoms with E-state index in [2.05, 4.69) is 20.9 Å². The molecule has 0 radical (unpaired) electrons. The summed E-state index contributed by atoms with van der Waals surface area (Å²) in [5, 5.41) is 8.90. The van der Waals surface area contributed by atoms with Crippen LogP contribution in [0, 0.1) is 0 Å². The number of aromatic amines is 1. The number of para-hydroxylation sites is 1. The van der Waals surface area contributed by atoms with E-state index in [9.17, 15) is 14.4 Å². The van der Waals surface area contributed by atoms with E-state index in [1.165, 1.54) is 0 Å². The average Bonchev–Trinajstić information content (AvgIpc) is 3.13. The van der Waals surface area contributed by atoms with E-state index >= 15 is 0 Å². The van der Waals surface area contributed by atoms with E-state index in [-0.39, 0.29) is 12.1 Å². The van der Waals surface area contributed by atoms with E-state index in [0.29, 0.717) is 50.0 Å². The van der Waals surface area contributed by atoms with E-state index in [1.54, 1.807) is 17.0 Å². The van der Waals surface area contributed by atoms with Crippen molar-refractivity contribution < 1.29 is 14.0 Å². The third kappa shape index (κ3) is 3.63. The van der Waals surface area contributed by atoms with Gasteiger partial charge in [-0.1, -0.05) is 24.3 Å². The van der Waals surface area contributed by atoms with E-state index < -0.39 is 11.3 Å². The molecule has 31 heavy (non-hydrogen) atoms. The highest BCUT2D eigenvalue weighted by molar-refractivity contribution is 5.93. The Morgan fingerprint density at radius 3 is 2.77 bits per heavy atom. The summed E-state index contributed by atoms with van der Waals surface area (Å²) >= 11 is 0. The van der Waals surface area contributed by atoms with E-state index in [4.69, 9.17) is 4.42 Å². The molecular weight excluding hydrogens is 398 g/mol. The van der Waals surface area contributed by atoms with Crippen molar-refractivity contribution in [2.24, 2.45) is 0 Å². The smallest absolute Gasteiger partial charge is 0.408 e. The Kier molecular flexibility index (Phi) is 4.65. The van der Waals surface area contributed by atoms with Crippen molar-refractivity contribution >= 4 is 28.8 Å². The third-order valence-electron chi connectivity index (χ3n) is 6.12. The van der Waals surface area contributed by atoms with Crippen LogP contribution in [0.25, 0.3) is 11.1 Å². The number of benzene rings is 2. The molecule has 4 N–H and O–H groups in total. The standard InChI is InChI=1S/C22H23N5O4/c28-19-24-16-4-2-1-3-15(16)22(26-19)8-11-27(12-9-22)20(29)23-10-7-14-5-6-17-18(13-14)31-21(30)25-17/h1-6,13H,7-12H2,(H,23,29)(H,25,30)(H2,24,26,28). The number of anilines is 1. The zero-order chi connectivity index (χ0) is 21.4. The molecule has 2 aliphatic rings. The molecular formula is C22H23N5O4. The molecule has 0 saturated carbocycles. The van der Waals surface area contributed by atoms with Gasteiger partial charge in [-0.25, -0.2) is 14.4 Å². The Balaban J connectivity index is 1.18. The first kappa shape index (κ1) is 19.2. The van der Waals surface area contributed by atoms with Gasteiger partial charge in [-0.2, -0.15) is 0 Å². The van der Waals surface area contributed by atoms with Gasteiger partial charge in [0.2, 0.25) is 0 Å². The van der Waals surface area contributed by atoms with E-state index in [1.807, 2.05) is 30.3 Å². The Hall–Kier alpha value is -3.75. The first-order chi connectivity index (χ1) is 15.0. The number of urea groups is 2. The fraction of sp³-hybridized carbons (Fsp3) is 0.318. The molecule has 160 valence electrons. The summed E-state index contributed by atoms with van der Waals surface area (Å²) in [6, 6.07) is 13.0. The molecule has 1 saturated heterocycles. The van der Waals surface area contributed by atoms with Gasteiger partial charge in [-0.15, -0.1) is 0 Å². The summed E-state index contributed by atoms with van der Waals surface area (Å²) in [7, 11) is 0. The van der Waals surface area contributed by atoms with Crippen LogP contribution in [0.15, 0.2) is 51.7 Å². The van der Waals surface area contributed by atoms with Crippen LogP contribution in [-0.4, -0.2) is 41.6 Å². The van der Waals surface area contributed by atoms with Gasteiger partial charge in [0.1, 0.15) is 0 Å². The number of carbonyl (C=O) groups is 2. The van der Waals surface area contributed by atoms with Crippen molar-refractivity contribution in [2.45, 2.75) is 24.8 Å². The van der Waals surface area contributed by atoms with Crippen LogP contribution >= 0.6 is 0 Å². The topological polar surface area (TPSA) is 119 Å². The normalized spacial score (nSPS) is 17.2. The van der Waals surface area contributed by atoms with Gasteiger partial charge in [-0.05, 0) is 43.0 Å². The third-order valence-corrected chi connectivity index (χ3v) is 6.12. The van der Waals surface area contributed by atoms with Gasteiger partial charge in [0.15, 0.2) is 5.58 Å². The van der Waals surface area contributed by atoms with Crippen LogP contribution in [0.5, 0.6) is 0 Å². The van der Waals surface area contributed by atoms with Gasteiger partial charge in [0.25, 0.3) is 0 Å². The predicted molar refractivity (Wildman–Crippen MR) is 115 cm³/mol. The fourth-order valence-corrected chi connectivity index (χ4v) is 4.50. The molecule has 3 heterocycles. The summed E-state index contributed by atoms with van der Waals surface area (Å²) in [6.45, 7) is 1.59. The molecule has 9 heteroatoms. The summed E-state index contributed by atoms with van der Waals surface area (Å²) < 4.78 is 5.08. The zero-order valence-electron chi connectivity index (χ0n) is 16.9. The van der Waals surface area contributed by atoms with Crippen molar-refractivity contribution in [1.82, 2.24) is 20.5 Å². The number of rotatable bonds is 3. The van der Waals surface area contributed by atoms with Crippen molar-refractivity contribution in [1.29, 1.82) is 0 Å². The lowest BCUT2D eigenvalue weighted by Crippen LogP contribution is -2.58. The number of aromatic nitrogens is 1. The van der Waals surface area contributed by atoms with Crippen molar-refractivity contribution in [3.05, 3.63) is 64.1 Å². The number of hydrogen-bond donors (Lipinski definition) is 4. The first-order valence-electron chi connectivity index (χ1n) is 10.4. The Bertz CT molecular complexity index is 1210. The maximum atomic E-state index is 12.6. The maximum Gasteiger partial charge on any atom is 0.417 e. The van der Waals surface area contributed by atoms with Crippen molar-refractivity contribution in [3.63, 3.8) is 0 Å². The molecule has 0 aliphatic carbocycles. The van der Waals surface area contributed by atoms with Gasteiger partial charge >= 0.3 is 17.8 Å². The summed E-state index contributed by atoms with van der Waals surface area (Å²) in [5.41, 5.74) is 3.61. The van der Waals surface area contributed by atoms with Crippen LogP contribution in [0.2, 0.25) is 0 Å². The fourth-order valence-electron chi connectivity index (χ4n) is 4.50. The van der Waals surface area contributed by atoms with Gasteiger partial charge in [0, 0.05) is 30.9 Å². The van der Waals surface area contributed by atoms with Gasteiger partial charge < -0.3 is 25.3 Å². The second kappa shape index (κ2) is 7.50. The predicted octanol–water partition coefficient (Wildman–Crippen LogP) is 2.50.